The Hall–Kier alpha value is -2.87. The maximum atomic E-state index is 13.6. The first-order chi connectivity index (χ1) is 15.8. The van der Waals surface area contributed by atoms with Gasteiger partial charge in [0.2, 0.25) is 11.8 Å². The highest BCUT2D eigenvalue weighted by atomic mass is 16.5. The lowest BCUT2D eigenvalue weighted by Gasteiger charge is -2.41. The van der Waals surface area contributed by atoms with Gasteiger partial charge >= 0.3 is 0 Å². The van der Waals surface area contributed by atoms with Crippen LogP contribution in [0.15, 0.2) is 36.4 Å². The summed E-state index contributed by atoms with van der Waals surface area (Å²) in [6.45, 7) is 6.47. The Kier molecular flexibility index (Phi) is 8.49. The molecule has 1 fully saturated rings. The third kappa shape index (κ3) is 6.35. The van der Waals surface area contributed by atoms with Gasteiger partial charge < -0.3 is 20.7 Å². The zero-order chi connectivity index (χ0) is 23.8. The lowest BCUT2D eigenvalue weighted by molar-refractivity contribution is -0.135. The maximum Gasteiger partial charge on any atom is 0.255 e. The molecule has 8 nitrogen and oxygen atoms in total. The molecular formula is C25H36N4O4. The van der Waals surface area contributed by atoms with E-state index in [1.165, 1.54) is 0 Å². The van der Waals surface area contributed by atoms with Gasteiger partial charge in [0.05, 0.1) is 23.6 Å². The van der Waals surface area contributed by atoms with Crippen molar-refractivity contribution in [2.75, 3.05) is 39.8 Å². The molecule has 1 spiro atoms. The Morgan fingerprint density at radius 1 is 1.21 bits per heavy atom. The molecule has 3 N–H and O–H groups in total. The molecule has 2 aliphatic rings. The summed E-state index contributed by atoms with van der Waals surface area (Å²) in [6, 6.07) is 6.97. The zero-order valence-electron chi connectivity index (χ0n) is 19.9. The average Bonchev–Trinajstić information content (AvgIpc) is 2.81. The van der Waals surface area contributed by atoms with E-state index in [1.54, 1.807) is 19.2 Å². The average molecular weight is 457 g/mol. The molecule has 8 heteroatoms. The molecule has 1 aromatic rings. The number of carbonyl (C=O) groups is 3. The molecule has 180 valence electrons. The molecule has 1 saturated heterocycles. The number of carbonyl (C=O) groups excluding carboxylic acids is 3. The Balaban J connectivity index is 1.80. The first kappa shape index (κ1) is 24.8. The second kappa shape index (κ2) is 11.3. The number of para-hydroxylation sites is 1. The molecule has 0 aliphatic carbocycles. The molecule has 0 bridgehead atoms. The fourth-order valence-corrected chi connectivity index (χ4v) is 4.27. The van der Waals surface area contributed by atoms with E-state index in [-0.39, 0.29) is 36.3 Å². The van der Waals surface area contributed by atoms with Crippen LogP contribution in [-0.4, -0.2) is 68.5 Å². The number of fused-ring (bicyclic) bond motifs is 1. The highest BCUT2D eigenvalue weighted by molar-refractivity contribution is 5.97. The van der Waals surface area contributed by atoms with Gasteiger partial charge in [0.25, 0.3) is 5.91 Å². The number of hydrogen-bond donors (Lipinski definition) is 3. The van der Waals surface area contributed by atoms with Gasteiger partial charge in [-0.15, -0.1) is 0 Å². The smallest absolute Gasteiger partial charge is 0.255 e. The van der Waals surface area contributed by atoms with Gasteiger partial charge in [-0.3, -0.25) is 19.3 Å². The van der Waals surface area contributed by atoms with Gasteiger partial charge in [-0.1, -0.05) is 38.1 Å². The second-order valence-electron chi connectivity index (χ2n) is 9.25. The minimum absolute atomic E-state index is 0.0191. The summed E-state index contributed by atoms with van der Waals surface area (Å²) in [5.41, 5.74) is -0.0637. The van der Waals surface area contributed by atoms with Crippen LogP contribution in [-0.2, 0) is 9.59 Å². The summed E-state index contributed by atoms with van der Waals surface area (Å²) in [5.74, 6) is 0.490. The third-order valence-electron chi connectivity index (χ3n) is 6.67. The van der Waals surface area contributed by atoms with Crippen LogP contribution in [0.5, 0.6) is 5.75 Å². The largest absolute Gasteiger partial charge is 0.491 e. The molecule has 2 heterocycles. The minimum atomic E-state index is -0.547. The Morgan fingerprint density at radius 2 is 1.94 bits per heavy atom. The predicted molar refractivity (Wildman–Crippen MR) is 127 cm³/mol. The Labute approximate surface area is 196 Å². The van der Waals surface area contributed by atoms with Crippen LogP contribution < -0.4 is 20.7 Å². The van der Waals surface area contributed by atoms with Gasteiger partial charge in [-0.25, -0.2) is 0 Å². The first-order valence-electron chi connectivity index (χ1n) is 11.7. The fourth-order valence-electron chi connectivity index (χ4n) is 4.27. The van der Waals surface area contributed by atoms with E-state index >= 15 is 0 Å². The number of amides is 3. The van der Waals surface area contributed by atoms with E-state index in [4.69, 9.17) is 4.74 Å². The summed E-state index contributed by atoms with van der Waals surface area (Å²) in [5, 5.41) is 8.81. The predicted octanol–water partition coefficient (Wildman–Crippen LogP) is 1.72. The molecule has 1 aromatic carbocycles. The van der Waals surface area contributed by atoms with Crippen molar-refractivity contribution in [1.82, 2.24) is 20.9 Å². The Bertz CT molecular complexity index is 875. The van der Waals surface area contributed by atoms with E-state index in [1.807, 2.05) is 24.3 Å². The summed E-state index contributed by atoms with van der Waals surface area (Å²) in [7, 11) is 1.63. The summed E-state index contributed by atoms with van der Waals surface area (Å²) in [4.78, 5) is 40.1. The molecule has 1 atom stereocenters. The topological polar surface area (TPSA) is 99.8 Å². The number of piperidine rings is 1. The van der Waals surface area contributed by atoms with Crippen molar-refractivity contribution in [1.29, 1.82) is 0 Å². The lowest BCUT2D eigenvalue weighted by atomic mass is 9.74. The van der Waals surface area contributed by atoms with Crippen molar-refractivity contribution < 1.29 is 19.1 Å². The second-order valence-corrected chi connectivity index (χ2v) is 9.25. The highest BCUT2D eigenvalue weighted by Crippen LogP contribution is 2.36. The summed E-state index contributed by atoms with van der Waals surface area (Å²) >= 11 is 0. The molecule has 0 radical (unpaired) electrons. The number of nitrogens with one attached hydrogen (secondary N) is 3. The Morgan fingerprint density at radius 3 is 2.64 bits per heavy atom. The molecule has 3 rings (SSSR count). The van der Waals surface area contributed by atoms with Crippen LogP contribution >= 0.6 is 0 Å². The molecule has 33 heavy (non-hydrogen) atoms. The van der Waals surface area contributed by atoms with Gasteiger partial charge in [0, 0.05) is 13.6 Å². The van der Waals surface area contributed by atoms with E-state index in [2.05, 4.69) is 34.7 Å². The van der Waals surface area contributed by atoms with E-state index < -0.39 is 5.41 Å². The number of likely N-dealkylation sites (N-methyl/N-ethyl adjacent to an activating group) is 1. The van der Waals surface area contributed by atoms with Crippen molar-refractivity contribution >= 4 is 17.7 Å². The van der Waals surface area contributed by atoms with Crippen molar-refractivity contribution in [2.45, 2.75) is 39.2 Å². The SMILES string of the molecule is CNC(=O)CN1CCC2(C/C=C/CNC(=O)c3ccccc3OC[C@@H](C(C)C)NC2=O)CC1. The van der Waals surface area contributed by atoms with Crippen LogP contribution in [0.25, 0.3) is 0 Å². The van der Waals surface area contributed by atoms with Gasteiger partial charge in [-0.05, 0) is 50.4 Å². The number of benzene rings is 1. The van der Waals surface area contributed by atoms with Crippen LogP contribution in [0.1, 0.15) is 43.5 Å². The molecule has 0 unspecified atom stereocenters. The van der Waals surface area contributed by atoms with Crippen LogP contribution in [0, 0.1) is 11.3 Å². The molecular weight excluding hydrogens is 420 g/mol. The van der Waals surface area contributed by atoms with Gasteiger partial charge in [0.1, 0.15) is 12.4 Å². The van der Waals surface area contributed by atoms with Crippen LogP contribution in [0.4, 0.5) is 0 Å². The first-order valence-corrected chi connectivity index (χ1v) is 11.7. The monoisotopic (exact) mass is 456 g/mol. The van der Waals surface area contributed by atoms with Crippen LogP contribution in [0.2, 0.25) is 0 Å². The number of allylic oxidation sites excluding steroid dienone is 1. The van der Waals surface area contributed by atoms with E-state index in [0.717, 1.165) is 0 Å². The minimum Gasteiger partial charge on any atom is -0.491 e. The molecule has 0 aromatic heterocycles. The molecule has 2 aliphatic heterocycles. The van der Waals surface area contributed by atoms with Gasteiger partial charge in [-0.2, -0.15) is 0 Å². The number of hydrogen-bond acceptors (Lipinski definition) is 5. The van der Waals surface area contributed by atoms with Crippen LogP contribution in [0.3, 0.4) is 0 Å². The number of rotatable bonds is 3. The summed E-state index contributed by atoms with van der Waals surface area (Å²) in [6.07, 6.45) is 5.82. The normalized spacial score (nSPS) is 23.0. The third-order valence-corrected chi connectivity index (χ3v) is 6.67. The zero-order valence-corrected chi connectivity index (χ0v) is 19.9. The standard InChI is InChI=1S/C25H36N4O4/c1-18(2)20-17-33-21-9-5-4-8-19(21)23(31)27-13-7-6-10-25(24(32)28-20)11-14-29(15-12-25)16-22(30)26-3/h4-9,18,20H,10-17H2,1-3H3,(H,26,30)(H,27,31)(H,28,32)/b7-6+/t20-/m0/s1. The number of likely N-dealkylation sites (tertiary alicyclic amines) is 1. The van der Waals surface area contributed by atoms with Gasteiger partial charge in [0.15, 0.2) is 0 Å². The van der Waals surface area contributed by atoms with E-state index in [0.29, 0.717) is 56.8 Å². The maximum absolute atomic E-state index is 13.6. The number of nitrogens with zero attached hydrogens (tertiary/aromatic N) is 1. The van der Waals surface area contributed by atoms with Crippen molar-refractivity contribution in [2.24, 2.45) is 11.3 Å². The van der Waals surface area contributed by atoms with E-state index in [9.17, 15) is 14.4 Å². The van der Waals surface area contributed by atoms with Crippen molar-refractivity contribution in [3.8, 4) is 5.75 Å². The molecule has 3 amide bonds. The fraction of sp³-hybridized carbons (Fsp3) is 0.560. The summed E-state index contributed by atoms with van der Waals surface area (Å²) < 4.78 is 6.03. The quantitative estimate of drug-likeness (QED) is 0.602. The molecule has 0 saturated carbocycles. The lowest BCUT2D eigenvalue weighted by Crippen LogP contribution is -2.54. The van der Waals surface area contributed by atoms with Crippen molar-refractivity contribution in [3.63, 3.8) is 0 Å². The van der Waals surface area contributed by atoms with Crippen molar-refractivity contribution in [3.05, 3.63) is 42.0 Å². The highest BCUT2D eigenvalue weighted by Gasteiger charge is 2.41. The number of ether oxygens (including phenoxy) is 1.